The molecule has 2 rings (SSSR count). The largest absolute Gasteiger partial charge is 0.339 e. The Morgan fingerprint density at radius 2 is 1.70 bits per heavy atom. The predicted molar refractivity (Wildman–Crippen MR) is 76.3 cm³/mol. The minimum absolute atomic E-state index is 0.00990. The molecule has 0 saturated carbocycles. The van der Waals surface area contributed by atoms with E-state index in [1.807, 2.05) is 37.8 Å². The van der Waals surface area contributed by atoms with Crippen molar-refractivity contribution in [3.63, 3.8) is 0 Å². The average molecular weight is 275 g/mol. The highest BCUT2D eigenvalue weighted by Crippen LogP contribution is 2.10. The second-order valence-electron chi connectivity index (χ2n) is 5.44. The van der Waals surface area contributed by atoms with Crippen LogP contribution in [0.15, 0.2) is 18.2 Å². The molecule has 1 aliphatic rings. The van der Waals surface area contributed by atoms with E-state index in [0.717, 1.165) is 5.69 Å². The molecule has 0 N–H and O–H groups in total. The number of piperazine rings is 1. The topological polar surface area (TPSA) is 53.5 Å². The molecule has 0 radical (unpaired) electrons. The maximum absolute atomic E-state index is 12.3. The molecule has 2 heterocycles. The summed E-state index contributed by atoms with van der Waals surface area (Å²) in [4.78, 5) is 32.1. The summed E-state index contributed by atoms with van der Waals surface area (Å²) in [5, 5.41) is 0. The number of aromatic nitrogens is 1. The molecule has 1 saturated heterocycles. The third kappa shape index (κ3) is 3.15. The van der Waals surface area contributed by atoms with Crippen LogP contribution in [-0.2, 0) is 4.79 Å². The Hall–Kier alpha value is -1.91. The number of pyridine rings is 1. The molecule has 0 atom stereocenters. The average Bonchev–Trinajstić information content (AvgIpc) is 2.46. The van der Waals surface area contributed by atoms with Crippen molar-refractivity contribution in [3.05, 3.63) is 29.6 Å². The van der Waals surface area contributed by atoms with Gasteiger partial charge in [-0.1, -0.05) is 19.9 Å². The normalized spacial score (nSPS) is 15.6. The number of hydrogen-bond acceptors (Lipinski definition) is 3. The maximum Gasteiger partial charge on any atom is 0.272 e. The zero-order valence-electron chi connectivity index (χ0n) is 12.3. The summed E-state index contributed by atoms with van der Waals surface area (Å²) in [7, 11) is 0. The molecule has 5 heteroatoms. The molecule has 0 bridgehead atoms. The highest BCUT2D eigenvalue weighted by molar-refractivity contribution is 5.92. The fourth-order valence-corrected chi connectivity index (χ4v) is 2.32. The summed E-state index contributed by atoms with van der Waals surface area (Å²) < 4.78 is 0. The van der Waals surface area contributed by atoms with Crippen molar-refractivity contribution in [2.75, 3.05) is 26.2 Å². The van der Waals surface area contributed by atoms with Crippen molar-refractivity contribution in [3.8, 4) is 0 Å². The Kier molecular flexibility index (Phi) is 4.37. The van der Waals surface area contributed by atoms with Crippen LogP contribution in [0.5, 0.6) is 0 Å². The van der Waals surface area contributed by atoms with Gasteiger partial charge in [-0.2, -0.15) is 0 Å². The van der Waals surface area contributed by atoms with Crippen molar-refractivity contribution in [1.82, 2.24) is 14.8 Å². The summed E-state index contributed by atoms with van der Waals surface area (Å²) in [6.07, 6.45) is 0. The number of hydrogen-bond donors (Lipinski definition) is 0. The van der Waals surface area contributed by atoms with E-state index < -0.39 is 0 Å². The van der Waals surface area contributed by atoms with E-state index in [1.165, 1.54) is 0 Å². The molecule has 0 unspecified atom stereocenters. The second-order valence-corrected chi connectivity index (χ2v) is 5.44. The van der Waals surface area contributed by atoms with Gasteiger partial charge < -0.3 is 9.80 Å². The highest BCUT2D eigenvalue weighted by atomic mass is 16.2. The summed E-state index contributed by atoms with van der Waals surface area (Å²) in [6, 6.07) is 5.45. The standard InChI is InChI=1S/C15H21N3O2/c1-11(2)14(19)17-7-9-18(10-8-17)15(20)13-6-4-5-12(3)16-13/h4-6,11H,7-10H2,1-3H3. The van der Waals surface area contributed by atoms with Crippen molar-refractivity contribution < 1.29 is 9.59 Å². The van der Waals surface area contributed by atoms with E-state index in [-0.39, 0.29) is 17.7 Å². The van der Waals surface area contributed by atoms with Crippen molar-refractivity contribution in [2.45, 2.75) is 20.8 Å². The predicted octanol–water partition coefficient (Wildman–Crippen LogP) is 1.33. The van der Waals surface area contributed by atoms with Gasteiger partial charge in [0.15, 0.2) is 0 Å². The number of rotatable bonds is 2. The molecule has 2 amide bonds. The molecule has 1 aromatic rings. The smallest absolute Gasteiger partial charge is 0.272 e. The minimum Gasteiger partial charge on any atom is -0.339 e. The van der Waals surface area contributed by atoms with Crippen molar-refractivity contribution in [1.29, 1.82) is 0 Å². The van der Waals surface area contributed by atoms with E-state index in [2.05, 4.69) is 4.98 Å². The first kappa shape index (κ1) is 14.5. The van der Waals surface area contributed by atoms with Gasteiger partial charge in [-0.15, -0.1) is 0 Å². The third-order valence-electron chi connectivity index (χ3n) is 3.48. The van der Waals surface area contributed by atoms with Crippen molar-refractivity contribution >= 4 is 11.8 Å². The van der Waals surface area contributed by atoms with Crippen LogP contribution in [0.4, 0.5) is 0 Å². The first-order valence-electron chi connectivity index (χ1n) is 7.00. The lowest BCUT2D eigenvalue weighted by atomic mass is 10.1. The van der Waals surface area contributed by atoms with Gasteiger partial charge in [0.25, 0.3) is 5.91 Å². The zero-order chi connectivity index (χ0) is 14.7. The summed E-state index contributed by atoms with van der Waals surface area (Å²) in [5.41, 5.74) is 1.32. The second kappa shape index (κ2) is 6.03. The Morgan fingerprint density at radius 3 is 2.25 bits per heavy atom. The molecule has 1 fully saturated rings. The lowest BCUT2D eigenvalue weighted by molar-refractivity contribution is -0.135. The summed E-state index contributed by atoms with van der Waals surface area (Å²) >= 11 is 0. The molecule has 1 aliphatic heterocycles. The van der Waals surface area contributed by atoms with Crippen LogP contribution < -0.4 is 0 Å². The first-order chi connectivity index (χ1) is 9.49. The Bertz CT molecular complexity index is 506. The fourth-order valence-electron chi connectivity index (χ4n) is 2.32. The zero-order valence-corrected chi connectivity index (χ0v) is 12.3. The monoisotopic (exact) mass is 275 g/mol. The van der Waals surface area contributed by atoms with Gasteiger partial charge in [0.2, 0.25) is 5.91 Å². The van der Waals surface area contributed by atoms with Gasteiger partial charge in [-0.25, -0.2) is 4.98 Å². The minimum atomic E-state index is -0.0506. The lowest BCUT2D eigenvalue weighted by Gasteiger charge is -2.35. The van der Waals surface area contributed by atoms with Crippen LogP contribution in [-0.4, -0.2) is 52.8 Å². The third-order valence-corrected chi connectivity index (χ3v) is 3.48. The molecule has 20 heavy (non-hydrogen) atoms. The van der Waals surface area contributed by atoms with E-state index in [4.69, 9.17) is 0 Å². The van der Waals surface area contributed by atoms with E-state index >= 15 is 0 Å². The first-order valence-corrected chi connectivity index (χ1v) is 7.00. The van der Waals surface area contributed by atoms with E-state index in [1.54, 1.807) is 11.0 Å². The number of amides is 2. The molecule has 5 nitrogen and oxygen atoms in total. The van der Waals surface area contributed by atoms with E-state index in [9.17, 15) is 9.59 Å². The molecule has 108 valence electrons. The van der Waals surface area contributed by atoms with Gasteiger partial charge in [0.1, 0.15) is 5.69 Å². The highest BCUT2D eigenvalue weighted by Gasteiger charge is 2.26. The van der Waals surface area contributed by atoms with Gasteiger partial charge in [-0.3, -0.25) is 9.59 Å². The molecular formula is C15H21N3O2. The van der Waals surface area contributed by atoms with E-state index in [0.29, 0.717) is 31.9 Å². The number of carbonyl (C=O) groups excluding carboxylic acids is 2. The summed E-state index contributed by atoms with van der Waals surface area (Å²) in [6.45, 7) is 8.03. The van der Waals surface area contributed by atoms with Gasteiger partial charge in [0, 0.05) is 37.8 Å². The number of aryl methyl sites for hydroxylation is 1. The van der Waals surface area contributed by atoms with Crippen LogP contribution in [0.25, 0.3) is 0 Å². The Morgan fingerprint density at radius 1 is 1.10 bits per heavy atom. The Balaban J connectivity index is 1.97. The SMILES string of the molecule is Cc1cccc(C(=O)N2CCN(C(=O)C(C)C)CC2)n1. The molecule has 0 aliphatic carbocycles. The van der Waals surface area contributed by atoms with Gasteiger partial charge in [-0.05, 0) is 19.1 Å². The fraction of sp³-hybridized carbons (Fsp3) is 0.533. The van der Waals surface area contributed by atoms with Crippen LogP contribution in [0.1, 0.15) is 30.0 Å². The lowest BCUT2D eigenvalue weighted by Crippen LogP contribution is -2.51. The molecular weight excluding hydrogens is 254 g/mol. The van der Waals surface area contributed by atoms with Gasteiger partial charge in [0.05, 0.1) is 0 Å². The van der Waals surface area contributed by atoms with Crippen LogP contribution in [0.2, 0.25) is 0 Å². The maximum atomic E-state index is 12.3. The van der Waals surface area contributed by atoms with Gasteiger partial charge >= 0.3 is 0 Å². The van der Waals surface area contributed by atoms with Crippen LogP contribution in [0, 0.1) is 12.8 Å². The van der Waals surface area contributed by atoms with Crippen LogP contribution in [0.3, 0.4) is 0 Å². The quantitative estimate of drug-likeness (QED) is 0.818. The Labute approximate surface area is 119 Å². The summed E-state index contributed by atoms with van der Waals surface area (Å²) in [5.74, 6) is 0.117. The molecule has 1 aromatic heterocycles. The number of nitrogens with zero attached hydrogens (tertiary/aromatic N) is 3. The number of carbonyl (C=O) groups is 2. The van der Waals surface area contributed by atoms with Crippen molar-refractivity contribution in [2.24, 2.45) is 5.92 Å². The molecule has 0 spiro atoms. The van der Waals surface area contributed by atoms with Crippen LogP contribution >= 0.6 is 0 Å². The molecule has 0 aromatic carbocycles.